The van der Waals surface area contributed by atoms with Gasteiger partial charge in [0, 0.05) is 23.2 Å². The maximum atomic E-state index is 12.9. The average Bonchev–Trinajstić information content (AvgIpc) is 2.78. The Morgan fingerprint density at radius 3 is 2.10 bits per heavy atom. The third-order valence-electron chi connectivity index (χ3n) is 4.65. The van der Waals surface area contributed by atoms with Gasteiger partial charge in [-0.25, -0.2) is 0 Å². The van der Waals surface area contributed by atoms with Gasteiger partial charge in [-0.3, -0.25) is 14.4 Å². The van der Waals surface area contributed by atoms with E-state index in [0.29, 0.717) is 16.7 Å². The Kier molecular flexibility index (Phi) is 7.11. The van der Waals surface area contributed by atoms with Crippen molar-refractivity contribution in [3.8, 4) is 0 Å². The number of carbonyl (C=O) groups is 3. The number of benzene rings is 3. The third-order valence-corrected chi connectivity index (χ3v) is 4.65. The highest BCUT2D eigenvalue weighted by Gasteiger charge is 2.26. The summed E-state index contributed by atoms with van der Waals surface area (Å²) >= 11 is 0. The van der Waals surface area contributed by atoms with E-state index in [-0.39, 0.29) is 24.7 Å². The number of carbonyl (C=O) groups excluding carboxylic acids is 3. The van der Waals surface area contributed by atoms with Crippen LogP contribution in [0.1, 0.15) is 44.4 Å². The molecule has 0 heterocycles. The summed E-state index contributed by atoms with van der Waals surface area (Å²) in [4.78, 5) is 37.6. The summed E-state index contributed by atoms with van der Waals surface area (Å²) in [7, 11) is 0. The quantitative estimate of drug-likeness (QED) is 0.452. The molecule has 0 saturated carbocycles. The number of esters is 1. The summed E-state index contributed by atoms with van der Waals surface area (Å²) in [6, 6.07) is 24.8. The Morgan fingerprint density at radius 1 is 0.833 bits per heavy atom. The predicted molar refractivity (Wildman–Crippen MR) is 114 cm³/mol. The van der Waals surface area contributed by atoms with E-state index in [4.69, 9.17) is 4.74 Å². The van der Waals surface area contributed by atoms with Gasteiger partial charge < -0.3 is 10.1 Å². The Balaban J connectivity index is 1.63. The number of ketones is 1. The van der Waals surface area contributed by atoms with Gasteiger partial charge in [0.2, 0.25) is 5.78 Å². The molecule has 3 aromatic carbocycles. The number of nitrogens with one attached hydrogen (secondary N) is 1. The Hall–Kier alpha value is -3.73. The van der Waals surface area contributed by atoms with Gasteiger partial charge >= 0.3 is 5.97 Å². The van der Waals surface area contributed by atoms with Crippen LogP contribution < -0.4 is 5.32 Å². The first-order valence-corrected chi connectivity index (χ1v) is 9.74. The lowest BCUT2D eigenvalue weighted by Gasteiger charge is -2.17. The number of Topliss-reactive ketones (excluding diaryl/α,β-unsaturated/α-hetero) is 1. The zero-order chi connectivity index (χ0) is 21.3. The summed E-state index contributed by atoms with van der Waals surface area (Å²) in [6.07, 6.45) is -1.07. The van der Waals surface area contributed by atoms with Crippen molar-refractivity contribution in [2.75, 3.05) is 6.54 Å². The van der Waals surface area contributed by atoms with E-state index in [1.807, 2.05) is 31.2 Å². The average molecular weight is 401 g/mol. The van der Waals surface area contributed by atoms with Gasteiger partial charge in [0.05, 0.1) is 6.42 Å². The van der Waals surface area contributed by atoms with Gasteiger partial charge in [0.1, 0.15) is 0 Å². The van der Waals surface area contributed by atoms with Gasteiger partial charge in [-0.1, -0.05) is 78.9 Å². The summed E-state index contributed by atoms with van der Waals surface area (Å²) in [5.74, 6) is -1.10. The molecule has 5 nitrogen and oxygen atoms in total. The summed E-state index contributed by atoms with van der Waals surface area (Å²) in [5.41, 5.74) is 2.48. The van der Waals surface area contributed by atoms with Gasteiger partial charge in [-0.2, -0.15) is 0 Å². The first-order valence-electron chi connectivity index (χ1n) is 9.74. The smallest absolute Gasteiger partial charge is 0.308 e. The Morgan fingerprint density at radius 2 is 1.43 bits per heavy atom. The molecule has 0 aliphatic rings. The fourth-order valence-corrected chi connectivity index (χ4v) is 3.05. The van der Waals surface area contributed by atoms with E-state index in [2.05, 4.69) is 5.32 Å². The van der Waals surface area contributed by atoms with E-state index in [9.17, 15) is 14.4 Å². The Labute approximate surface area is 175 Å². The van der Waals surface area contributed by atoms with Crippen molar-refractivity contribution in [1.82, 2.24) is 5.32 Å². The van der Waals surface area contributed by atoms with Gasteiger partial charge in [0.25, 0.3) is 5.91 Å². The molecular formula is C25H23NO4. The molecule has 1 N–H and O–H groups in total. The van der Waals surface area contributed by atoms with Gasteiger partial charge in [-0.05, 0) is 18.6 Å². The topological polar surface area (TPSA) is 72.5 Å². The second kappa shape index (κ2) is 10.2. The van der Waals surface area contributed by atoms with Crippen LogP contribution >= 0.6 is 0 Å². The molecule has 30 heavy (non-hydrogen) atoms. The van der Waals surface area contributed by atoms with Crippen LogP contribution in [-0.2, 0) is 9.53 Å². The number of rotatable bonds is 8. The number of hydrogen-bond acceptors (Lipinski definition) is 4. The molecule has 1 unspecified atom stereocenters. The lowest BCUT2D eigenvalue weighted by atomic mass is 10.00. The molecule has 3 rings (SSSR count). The summed E-state index contributed by atoms with van der Waals surface area (Å²) in [5, 5.41) is 2.72. The predicted octanol–water partition coefficient (Wildman–Crippen LogP) is 4.28. The van der Waals surface area contributed by atoms with Crippen molar-refractivity contribution in [2.24, 2.45) is 0 Å². The molecule has 152 valence electrons. The second-order valence-electron chi connectivity index (χ2n) is 6.83. The highest BCUT2D eigenvalue weighted by molar-refractivity contribution is 6.01. The van der Waals surface area contributed by atoms with Crippen LogP contribution in [0.5, 0.6) is 0 Å². The van der Waals surface area contributed by atoms with Crippen molar-refractivity contribution in [3.05, 3.63) is 107 Å². The molecule has 5 heteroatoms. The van der Waals surface area contributed by atoms with Crippen LogP contribution in [0.3, 0.4) is 0 Å². The normalized spacial score (nSPS) is 11.4. The molecule has 0 bridgehead atoms. The largest absolute Gasteiger partial charge is 0.449 e. The first kappa shape index (κ1) is 21.0. The summed E-state index contributed by atoms with van der Waals surface area (Å²) < 4.78 is 5.52. The SMILES string of the molecule is Cc1ccccc1C(=O)NCCC(=O)OC(C(=O)c1ccccc1)c1ccccc1. The van der Waals surface area contributed by atoms with Crippen LogP contribution in [0.4, 0.5) is 0 Å². The highest BCUT2D eigenvalue weighted by atomic mass is 16.5. The monoisotopic (exact) mass is 401 g/mol. The standard InChI is InChI=1S/C25H23NO4/c1-18-10-8-9-15-21(18)25(29)26-17-16-22(27)30-24(20-13-6-3-7-14-20)23(28)19-11-4-2-5-12-19/h2-15,24H,16-17H2,1H3,(H,26,29). The zero-order valence-corrected chi connectivity index (χ0v) is 16.7. The fraction of sp³-hybridized carbons (Fsp3) is 0.160. The van der Waals surface area contributed by atoms with Crippen molar-refractivity contribution < 1.29 is 19.1 Å². The zero-order valence-electron chi connectivity index (χ0n) is 16.7. The summed E-state index contributed by atoms with van der Waals surface area (Å²) in [6.45, 7) is 1.97. The fourth-order valence-electron chi connectivity index (χ4n) is 3.05. The Bertz CT molecular complexity index is 1020. The molecule has 0 aliphatic carbocycles. The first-order chi connectivity index (χ1) is 14.6. The van der Waals surface area contributed by atoms with Crippen LogP contribution in [0.15, 0.2) is 84.9 Å². The van der Waals surface area contributed by atoms with Crippen LogP contribution in [-0.4, -0.2) is 24.2 Å². The lowest BCUT2D eigenvalue weighted by Crippen LogP contribution is -2.28. The van der Waals surface area contributed by atoms with E-state index < -0.39 is 12.1 Å². The molecule has 0 radical (unpaired) electrons. The minimum Gasteiger partial charge on any atom is -0.449 e. The molecule has 0 aliphatic heterocycles. The lowest BCUT2D eigenvalue weighted by molar-refractivity contribution is -0.147. The molecule has 0 aromatic heterocycles. The minimum atomic E-state index is -1.03. The number of aryl methyl sites for hydroxylation is 1. The molecule has 0 saturated heterocycles. The van der Waals surface area contributed by atoms with Crippen molar-refractivity contribution >= 4 is 17.7 Å². The van der Waals surface area contributed by atoms with Crippen LogP contribution in [0.2, 0.25) is 0 Å². The molecule has 1 amide bonds. The van der Waals surface area contributed by atoms with E-state index >= 15 is 0 Å². The molecule has 0 fully saturated rings. The van der Waals surface area contributed by atoms with Crippen molar-refractivity contribution in [3.63, 3.8) is 0 Å². The maximum absolute atomic E-state index is 12.9. The highest BCUT2D eigenvalue weighted by Crippen LogP contribution is 2.23. The molecular weight excluding hydrogens is 378 g/mol. The minimum absolute atomic E-state index is 0.0387. The van der Waals surface area contributed by atoms with E-state index in [1.165, 1.54) is 0 Å². The number of ether oxygens (including phenoxy) is 1. The van der Waals surface area contributed by atoms with Gasteiger partial charge in [-0.15, -0.1) is 0 Å². The van der Waals surface area contributed by atoms with Crippen molar-refractivity contribution in [2.45, 2.75) is 19.4 Å². The third kappa shape index (κ3) is 5.41. The van der Waals surface area contributed by atoms with E-state index in [0.717, 1.165) is 5.56 Å². The number of amides is 1. The maximum Gasteiger partial charge on any atom is 0.308 e. The second-order valence-corrected chi connectivity index (χ2v) is 6.83. The molecule has 3 aromatic rings. The van der Waals surface area contributed by atoms with Crippen LogP contribution in [0.25, 0.3) is 0 Å². The molecule has 0 spiro atoms. The van der Waals surface area contributed by atoms with Crippen LogP contribution in [0, 0.1) is 6.92 Å². The van der Waals surface area contributed by atoms with E-state index in [1.54, 1.807) is 60.7 Å². The number of hydrogen-bond donors (Lipinski definition) is 1. The molecule has 1 atom stereocenters. The van der Waals surface area contributed by atoms with Gasteiger partial charge in [0.15, 0.2) is 6.10 Å². The van der Waals surface area contributed by atoms with Crippen molar-refractivity contribution in [1.29, 1.82) is 0 Å².